The summed E-state index contributed by atoms with van der Waals surface area (Å²) in [7, 11) is -3.13. The van der Waals surface area contributed by atoms with E-state index in [4.69, 9.17) is 14.4 Å². The third-order valence-electron chi connectivity index (χ3n) is 0. The number of hydrogen-bond acceptors (Lipinski definition) is 1. The zero-order valence-corrected chi connectivity index (χ0v) is 4.80. The third kappa shape index (κ3) is 68.5. The SMILES string of the molecule is O.O=[PH](O)O.S.[KH]. The molecule has 0 saturated carbocycles. The van der Waals surface area contributed by atoms with E-state index in [0.717, 1.165) is 0 Å². The minimum atomic E-state index is -3.13. The average Bonchev–Trinajstić information content (AvgIpc) is 0.811. The van der Waals surface area contributed by atoms with E-state index in [-0.39, 0.29) is 70.4 Å². The van der Waals surface area contributed by atoms with E-state index in [1.54, 1.807) is 0 Å². The van der Waals surface area contributed by atoms with Crippen LogP contribution in [0.5, 0.6) is 0 Å². The quantitative estimate of drug-likeness (QED) is 0.329. The van der Waals surface area contributed by atoms with Gasteiger partial charge in [-0.1, -0.05) is 0 Å². The predicted molar refractivity (Wildman–Crippen MR) is 34.6 cm³/mol. The summed E-state index contributed by atoms with van der Waals surface area (Å²) in [5.74, 6) is 0. The van der Waals surface area contributed by atoms with Gasteiger partial charge in [-0.25, -0.2) is 0 Å². The minimum absolute atomic E-state index is 0. The Morgan fingerprint density at radius 1 is 1.29 bits per heavy atom. The summed E-state index contributed by atoms with van der Waals surface area (Å²) in [6.07, 6.45) is 0. The van der Waals surface area contributed by atoms with E-state index in [0.29, 0.717) is 0 Å². The summed E-state index contributed by atoms with van der Waals surface area (Å²) in [6.45, 7) is 0. The number of hydrogen-bond donors (Lipinski definition) is 2. The third-order valence-corrected chi connectivity index (χ3v) is 0. The van der Waals surface area contributed by atoms with Gasteiger partial charge in [0.1, 0.15) is 0 Å². The Hall–Kier alpha value is 2.10. The molecule has 0 aliphatic rings. The second-order valence-corrected chi connectivity index (χ2v) is 0.848. The first-order valence-corrected chi connectivity index (χ1v) is 1.95. The molecule has 0 aliphatic carbocycles. The summed E-state index contributed by atoms with van der Waals surface area (Å²) in [4.78, 5) is 14.3. The Labute approximate surface area is 91.4 Å². The average molecular weight is 174 g/mol. The van der Waals surface area contributed by atoms with Crippen LogP contribution in [0, 0.1) is 0 Å². The Balaban J connectivity index is -0.0000000150. The van der Waals surface area contributed by atoms with Crippen molar-refractivity contribution in [3.8, 4) is 0 Å². The first kappa shape index (κ1) is 23.0. The molecule has 0 bridgehead atoms. The zero-order valence-electron chi connectivity index (χ0n) is 2.80. The van der Waals surface area contributed by atoms with Crippen LogP contribution in [0.2, 0.25) is 0 Å². The van der Waals surface area contributed by atoms with Gasteiger partial charge in [-0.05, 0) is 0 Å². The molecule has 0 aromatic rings. The van der Waals surface area contributed by atoms with Crippen LogP contribution in [0.15, 0.2) is 0 Å². The van der Waals surface area contributed by atoms with Crippen molar-refractivity contribution in [2.75, 3.05) is 0 Å². The maximum absolute atomic E-state index is 8.74. The molecule has 44 valence electrons. The molecule has 0 heterocycles. The van der Waals surface area contributed by atoms with Crippen molar-refractivity contribution in [2.45, 2.75) is 0 Å². The van der Waals surface area contributed by atoms with Crippen molar-refractivity contribution in [1.29, 1.82) is 0 Å². The molecule has 0 aliphatic heterocycles. The van der Waals surface area contributed by atoms with Crippen LogP contribution >= 0.6 is 21.8 Å². The number of rotatable bonds is 0. The van der Waals surface area contributed by atoms with Crippen molar-refractivity contribution in [1.82, 2.24) is 0 Å². The fourth-order valence-corrected chi connectivity index (χ4v) is 0. The summed E-state index contributed by atoms with van der Waals surface area (Å²) in [5.41, 5.74) is 0. The first-order chi connectivity index (χ1) is 1.73. The summed E-state index contributed by atoms with van der Waals surface area (Å²) < 4.78 is 8.74. The molecule has 4 nitrogen and oxygen atoms in total. The monoisotopic (exact) mass is 174 g/mol. The van der Waals surface area contributed by atoms with Crippen LogP contribution in [-0.4, -0.2) is 66.6 Å². The molecule has 0 radical (unpaired) electrons. The molecule has 4 N–H and O–H groups in total. The molecule has 0 aromatic heterocycles. The Kier molecular flexibility index (Phi) is 51.5. The molecular formula is H8KO4PS. The molecule has 0 amide bonds. The fraction of sp³-hybridized carbons (Fsp3) is 0. The summed E-state index contributed by atoms with van der Waals surface area (Å²) in [5, 5.41) is 0. The van der Waals surface area contributed by atoms with Crippen LogP contribution in [0.4, 0.5) is 0 Å². The summed E-state index contributed by atoms with van der Waals surface area (Å²) >= 11 is 0. The van der Waals surface area contributed by atoms with Crippen molar-refractivity contribution < 1.29 is 19.8 Å². The van der Waals surface area contributed by atoms with Gasteiger partial charge in [0.25, 0.3) is 0 Å². The van der Waals surface area contributed by atoms with Crippen LogP contribution in [0.25, 0.3) is 0 Å². The fourth-order valence-electron chi connectivity index (χ4n) is 0. The maximum atomic E-state index is 8.74. The topological polar surface area (TPSA) is 89.0 Å². The second kappa shape index (κ2) is 15.7. The van der Waals surface area contributed by atoms with Crippen molar-refractivity contribution in [2.24, 2.45) is 0 Å². The molecule has 0 unspecified atom stereocenters. The molecule has 7 heteroatoms. The van der Waals surface area contributed by atoms with Crippen molar-refractivity contribution >= 4 is 73.1 Å². The van der Waals surface area contributed by atoms with E-state index in [1.165, 1.54) is 0 Å². The van der Waals surface area contributed by atoms with E-state index in [9.17, 15) is 0 Å². The molecule has 0 rings (SSSR count). The van der Waals surface area contributed by atoms with Gasteiger partial charge in [-0.2, -0.15) is 13.5 Å². The van der Waals surface area contributed by atoms with Gasteiger partial charge in [-0.15, -0.1) is 0 Å². The van der Waals surface area contributed by atoms with Gasteiger partial charge in [0, 0.05) is 0 Å². The molecule has 0 fully saturated rings. The first-order valence-electron chi connectivity index (χ1n) is 0.651. The van der Waals surface area contributed by atoms with Gasteiger partial charge >= 0.3 is 59.6 Å². The standard InChI is InChI=1S/K.H3O3P.H2O.H2S.H/c;1-4(2)3;;;/h;4H,(H2,1,2,3);2*1H2;. The van der Waals surface area contributed by atoms with E-state index >= 15 is 0 Å². The van der Waals surface area contributed by atoms with E-state index in [1.807, 2.05) is 0 Å². The Bertz CT molecular complexity index is 34.7. The summed E-state index contributed by atoms with van der Waals surface area (Å²) in [6, 6.07) is 0. The predicted octanol–water partition coefficient (Wildman–Crippen LogP) is -2.00. The second-order valence-electron chi connectivity index (χ2n) is 0.283. The molecule has 7 heavy (non-hydrogen) atoms. The Morgan fingerprint density at radius 3 is 1.29 bits per heavy atom. The van der Waals surface area contributed by atoms with Crippen LogP contribution in [-0.2, 0) is 4.57 Å². The Morgan fingerprint density at radius 2 is 1.29 bits per heavy atom. The molecular weight excluding hydrogens is 166 g/mol. The van der Waals surface area contributed by atoms with E-state index < -0.39 is 8.25 Å². The van der Waals surface area contributed by atoms with Gasteiger partial charge in [0.15, 0.2) is 0 Å². The van der Waals surface area contributed by atoms with Crippen LogP contribution in [0.3, 0.4) is 0 Å². The van der Waals surface area contributed by atoms with Gasteiger partial charge in [-0.3, -0.25) is 4.57 Å². The van der Waals surface area contributed by atoms with Crippen molar-refractivity contribution in [3.63, 3.8) is 0 Å². The molecule has 0 atom stereocenters. The normalized spacial score (nSPS) is 5.00. The van der Waals surface area contributed by atoms with Crippen molar-refractivity contribution in [3.05, 3.63) is 0 Å². The van der Waals surface area contributed by atoms with Crippen LogP contribution in [0.1, 0.15) is 0 Å². The molecule has 0 spiro atoms. The van der Waals surface area contributed by atoms with Gasteiger partial charge in [0.2, 0.25) is 0 Å². The van der Waals surface area contributed by atoms with Gasteiger partial charge < -0.3 is 15.3 Å². The van der Waals surface area contributed by atoms with Gasteiger partial charge in [0.05, 0.1) is 0 Å². The van der Waals surface area contributed by atoms with E-state index in [2.05, 4.69) is 0 Å². The molecule has 0 saturated heterocycles. The molecule has 0 aromatic carbocycles. The zero-order chi connectivity index (χ0) is 3.58. The van der Waals surface area contributed by atoms with Crippen LogP contribution < -0.4 is 0 Å².